The van der Waals surface area contributed by atoms with Crippen LogP contribution in [0.25, 0.3) is 0 Å². The lowest BCUT2D eigenvalue weighted by Gasteiger charge is -2.05. The first-order chi connectivity index (χ1) is 8.20. The quantitative estimate of drug-likeness (QED) is 0.886. The minimum absolute atomic E-state index is 0.175. The average Bonchev–Trinajstić information content (AvgIpc) is 2.83. The minimum atomic E-state index is -0.422. The van der Waals surface area contributed by atoms with Gasteiger partial charge in [0.15, 0.2) is 5.76 Å². The van der Waals surface area contributed by atoms with E-state index in [1.54, 1.807) is 18.2 Å². The molecule has 0 unspecified atom stereocenters. The first-order valence-corrected chi connectivity index (χ1v) is 5.13. The number of nitrogens with zero attached hydrogens (tertiary/aromatic N) is 1. The molecule has 0 aliphatic heterocycles. The highest BCUT2D eigenvalue weighted by Gasteiger charge is 2.11. The molecule has 0 spiro atoms. The fourth-order valence-corrected chi connectivity index (χ4v) is 1.48. The number of hydrogen-bond donors (Lipinski definition) is 1. The van der Waals surface area contributed by atoms with E-state index in [1.165, 1.54) is 18.4 Å². The molecule has 0 bridgehead atoms. The second kappa shape index (κ2) is 4.73. The van der Waals surface area contributed by atoms with Crippen molar-refractivity contribution in [2.75, 3.05) is 5.32 Å². The maximum atomic E-state index is 11.7. The lowest BCUT2D eigenvalue weighted by molar-refractivity contribution is 0.0996. The van der Waals surface area contributed by atoms with Crippen molar-refractivity contribution in [2.45, 2.75) is 0 Å². The van der Waals surface area contributed by atoms with Gasteiger partial charge in [0.2, 0.25) is 0 Å². The van der Waals surface area contributed by atoms with E-state index in [1.807, 2.05) is 6.07 Å². The Labute approximate surface area is 102 Å². The van der Waals surface area contributed by atoms with Crippen LogP contribution in [0.5, 0.6) is 0 Å². The first kappa shape index (κ1) is 11.2. The van der Waals surface area contributed by atoms with Crippen molar-refractivity contribution in [3.05, 3.63) is 52.9 Å². The molecule has 84 valence electrons. The lowest BCUT2D eigenvalue weighted by atomic mass is 10.2. The molecule has 4 nitrogen and oxygen atoms in total. The third-order valence-electron chi connectivity index (χ3n) is 2.10. The molecule has 1 amide bonds. The van der Waals surface area contributed by atoms with Crippen LogP contribution in [0.2, 0.25) is 5.02 Å². The van der Waals surface area contributed by atoms with Gasteiger partial charge in [-0.2, -0.15) is 5.26 Å². The molecule has 5 heteroatoms. The number of furan rings is 1. The van der Waals surface area contributed by atoms with Crippen LogP contribution in [-0.2, 0) is 0 Å². The molecular formula is C12H7ClN2O2. The summed E-state index contributed by atoms with van der Waals surface area (Å²) in [6.45, 7) is 0. The summed E-state index contributed by atoms with van der Waals surface area (Å²) in [5, 5.41) is 11.9. The van der Waals surface area contributed by atoms with Crippen LogP contribution < -0.4 is 5.32 Å². The Morgan fingerprint density at radius 2 is 2.24 bits per heavy atom. The molecule has 2 aromatic rings. The van der Waals surface area contributed by atoms with Crippen LogP contribution in [0.4, 0.5) is 5.69 Å². The van der Waals surface area contributed by atoms with Crippen LogP contribution in [-0.4, -0.2) is 5.91 Å². The second-order valence-electron chi connectivity index (χ2n) is 3.23. The van der Waals surface area contributed by atoms with Gasteiger partial charge in [0, 0.05) is 5.02 Å². The van der Waals surface area contributed by atoms with Crippen molar-refractivity contribution in [1.29, 1.82) is 5.26 Å². The fraction of sp³-hybridized carbons (Fsp3) is 0. The molecule has 0 saturated heterocycles. The molecular weight excluding hydrogens is 240 g/mol. The fourth-order valence-electron chi connectivity index (χ4n) is 1.31. The van der Waals surface area contributed by atoms with E-state index in [0.717, 1.165) is 0 Å². The Bertz CT molecular complexity index is 585. The van der Waals surface area contributed by atoms with Crippen LogP contribution in [0, 0.1) is 11.3 Å². The highest BCUT2D eigenvalue weighted by Crippen LogP contribution is 2.21. The van der Waals surface area contributed by atoms with Gasteiger partial charge in [0.1, 0.15) is 6.07 Å². The first-order valence-electron chi connectivity index (χ1n) is 4.75. The normalized spacial score (nSPS) is 9.65. The number of nitrogens with one attached hydrogen (secondary N) is 1. The molecule has 17 heavy (non-hydrogen) atoms. The van der Waals surface area contributed by atoms with E-state index >= 15 is 0 Å². The van der Waals surface area contributed by atoms with Gasteiger partial charge in [-0.25, -0.2) is 0 Å². The van der Waals surface area contributed by atoms with Crippen molar-refractivity contribution >= 4 is 23.2 Å². The third kappa shape index (κ3) is 2.47. The Hall–Kier alpha value is -2.25. The van der Waals surface area contributed by atoms with Crippen molar-refractivity contribution < 1.29 is 9.21 Å². The van der Waals surface area contributed by atoms with Crippen LogP contribution in [0.3, 0.4) is 0 Å². The summed E-state index contributed by atoms with van der Waals surface area (Å²) in [5.41, 5.74) is 0.704. The standard InChI is InChI=1S/C12H7ClN2O2/c13-9-4-3-8(7-14)10(6-9)15-12(16)11-2-1-5-17-11/h1-6H,(H,15,16). The van der Waals surface area contributed by atoms with E-state index in [9.17, 15) is 4.79 Å². The molecule has 0 saturated carbocycles. The van der Waals surface area contributed by atoms with Crippen molar-refractivity contribution in [3.8, 4) is 6.07 Å². The van der Waals surface area contributed by atoms with E-state index < -0.39 is 5.91 Å². The summed E-state index contributed by atoms with van der Waals surface area (Å²) in [4.78, 5) is 11.7. The number of anilines is 1. The third-order valence-corrected chi connectivity index (χ3v) is 2.33. The summed E-state index contributed by atoms with van der Waals surface area (Å²) >= 11 is 5.80. The number of nitriles is 1. The number of halogens is 1. The molecule has 1 heterocycles. The topological polar surface area (TPSA) is 66.0 Å². The lowest BCUT2D eigenvalue weighted by Crippen LogP contribution is -2.11. The Morgan fingerprint density at radius 1 is 1.41 bits per heavy atom. The van der Waals surface area contributed by atoms with Crippen molar-refractivity contribution in [1.82, 2.24) is 0 Å². The average molecular weight is 247 g/mol. The smallest absolute Gasteiger partial charge is 0.291 e. The summed E-state index contributed by atoms with van der Waals surface area (Å²) in [6.07, 6.45) is 1.40. The number of carbonyl (C=O) groups excluding carboxylic acids is 1. The SMILES string of the molecule is N#Cc1ccc(Cl)cc1NC(=O)c1ccco1. The molecule has 1 aromatic carbocycles. The summed E-state index contributed by atoms with van der Waals surface area (Å²) < 4.78 is 4.94. The predicted molar refractivity (Wildman–Crippen MR) is 62.8 cm³/mol. The van der Waals surface area contributed by atoms with E-state index in [2.05, 4.69) is 5.32 Å². The van der Waals surface area contributed by atoms with E-state index in [-0.39, 0.29) is 5.76 Å². The van der Waals surface area contributed by atoms with Crippen LogP contribution in [0.1, 0.15) is 16.1 Å². The van der Waals surface area contributed by atoms with Gasteiger partial charge in [0.25, 0.3) is 5.91 Å². The summed E-state index contributed by atoms with van der Waals surface area (Å²) in [6, 6.07) is 9.75. The maximum absolute atomic E-state index is 11.7. The van der Waals surface area contributed by atoms with E-state index in [4.69, 9.17) is 21.3 Å². The number of benzene rings is 1. The monoisotopic (exact) mass is 246 g/mol. The predicted octanol–water partition coefficient (Wildman–Crippen LogP) is 3.06. The molecule has 0 radical (unpaired) electrons. The molecule has 1 N–H and O–H groups in total. The Morgan fingerprint density at radius 3 is 2.88 bits per heavy atom. The van der Waals surface area contributed by atoms with E-state index in [0.29, 0.717) is 16.3 Å². The number of amides is 1. The highest BCUT2D eigenvalue weighted by molar-refractivity contribution is 6.31. The zero-order valence-electron chi connectivity index (χ0n) is 8.61. The molecule has 2 rings (SSSR count). The van der Waals surface area contributed by atoms with Gasteiger partial charge in [-0.1, -0.05) is 11.6 Å². The number of hydrogen-bond acceptors (Lipinski definition) is 3. The zero-order valence-corrected chi connectivity index (χ0v) is 9.36. The molecule has 0 atom stereocenters. The highest BCUT2D eigenvalue weighted by atomic mass is 35.5. The van der Waals surface area contributed by atoms with Gasteiger partial charge in [0.05, 0.1) is 17.5 Å². The van der Waals surface area contributed by atoms with Crippen molar-refractivity contribution in [2.24, 2.45) is 0 Å². The maximum Gasteiger partial charge on any atom is 0.291 e. The molecule has 0 fully saturated rings. The van der Waals surface area contributed by atoms with Gasteiger partial charge < -0.3 is 9.73 Å². The molecule has 0 aliphatic rings. The van der Waals surface area contributed by atoms with Crippen LogP contribution in [0.15, 0.2) is 41.0 Å². The molecule has 1 aromatic heterocycles. The van der Waals surface area contributed by atoms with Crippen molar-refractivity contribution in [3.63, 3.8) is 0 Å². The zero-order chi connectivity index (χ0) is 12.3. The Kier molecular flexibility index (Phi) is 3.12. The van der Waals surface area contributed by atoms with Gasteiger partial charge in [-0.3, -0.25) is 4.79 Å². The minimum Gasteiger partial charge on any atom is -0.459 e. The van der Waals surface area contributed by atoms with Gasteiger partial charge in [-0.05, 0) is 30.3 Å². The number of rotatable bonds is 2. The largest absolute Gasteiger partial charge is 0.459 e. The summed E-state index contributed by atoms with van der Waals surface area (Å²) in [5.74, 6) is -0.248. The Balaban J connectivity index is 2.27. The molecule has 0 aliphatic carbocycles. The number of carbonyl (C=O) groups is 1. The van der Waals surface area contributed by atoms with Crippen LogP contribution >= 0.6 is 11.6 Å². The summed E-state index contributed by atoms with van der Waals surface area (Å²) in [7, 11) is 0. The van der Waals surface area contributed by atoms with Gasteiger partial charge in [-0.15, -0.1) is 0 Å². The second-order valence-corrected chi connectivity index (χ2v) is 3.67. The van der Waals surface area contributed by atoms with Gasteiger partial charge >= 0.3 is 0 Å².